The van der Waals surface area contributed by atoms with Gasteiger partial charge in [-0.05, 0) is 44.2 Å². The molecule has 0 aliphatic carbocycles. The summed E-state index contributed by atoms with van der Waals surface area (Å²) in [6, 6.07) is 10.6. The zero-order valence-electron chi connectivity index (χ0n) is 14.9. The molecule has 0 heterocycles. The lowest BCUT2D eigenvalue weighted by Gasteiger charge is -2.21. The average Bonchev–Trinajstić information content (AvgIpc) is 2.65. The van der Waals surface area contributed by atoms with Crippen LogP contribution in [-0.4, -0.2) is 29.8 Å². The standard InChI is InChI=1S/C18H19ClN4O4/c1-3-22(4-2)13-7-5-12(6-8-13)20-17(24)18(25)21-16-11-14(23(26)27)9-10-15(16)19/h5-11H,3-4H2,1-2H3,(H,20,24)(H,21,25). The van der Waals surface area contributed by atoms with Gasteiger partial charge >= 0.3 is 11.8 Å². The van der Waals surface area contributed by atoms with E-state index in [4.69, 9.17) is 11.6 Å². The molecular formula is C18H19ClN4O4. The fourth-order valence-electron chi connectivity index (χ4n) is 2.43. The lowest BCUT2D eigenvalue weighted by Crippen LogP contribution is -2.29. The highest BCUT2D eigenvalue weighted by molar-refractivity contribution is 6.44. The van der Waals surface area contributed by atoms with Crippen molar-refractivity contribution in [1.29, 1.82) is 0 Å². The molecule has 27 heavy (non-hydrogen) atoms. The second-order valence-corrected chi connectivity index (χ2v) is 5.96. The number of halogens is 1. The summed E-state index contributed by atoms with van der Waals surface area (Å²) in [5.74, 6) is -1.89. The SMILES string of the molecule is CCN(CC)c1ccc(NC(=O)C(=O)Nc2cc([N+](=O)[O-])ccc2Cl)cc1. The number of anilines is 3. The quantitative estimate of drug-likeness (QED) is 0.445. The Morgan fingerprint density at radius 2 is 1.63 bits per heavy atom. The van der Waals surface area contributed by atoms with E-state index in [1.54, 1.807) is 12.1 Å². The van der Waals surface area contributed by atoms with Gasteiger partial charge in [-0.3, -0.25) is 19.7 Å². The second kappa shape index (κ2) is 9.00. The van der Waals surface area contributed by atoms with Crippen LogP contribution in [0.1, 0.15) is 13.8 Å². The smallest absolute Gasteiger partial charge is 0.314 e. The van der Waals surface area contributed by atoms with Crippen LogP contribution in [0.3, 0.4) is 0 Å². The number of benzene rings is 2. The minimum Gasteiger partial charge on any atom is -0.372 e. The van der Waals surface area contributed by atoms with Crippen LogP contribution in [0.2, 0.25) is 5.02 Å². The van der Waals surface area contributed by atoms with Crippen molar-refractivity contribution in [3.63, 3.8) is 0 Å². The van der Waals surface area contributed by atoms with Gasteiger partial charge in [0.2, 0.25) is 0 Å². The number of nitrogens with one attached hydrogen (secondary N) is 2. The van der Waals surface area contributed by atoms with Crippen molar-refractivity contribution in [2.75, 3.05) is 28.6 Å². The summed E-state index contributed by atoms with van der Waals surface area (Å²) in [5, 5.41) is 15.7. The molecule has 0 aliphatic heterocycles. The maximum Gasteiger partial charge on any atom is 0.314 e. The van der Waals surface area contributed by atoms with Gasteiger partial charge in [-0.2, -0.15) is 0 Å². The summed E-state index contributed by atoms with van der Waals surface area (Å²) >= 11 is 5.91. The van der Waals surface area contributed by atoms with E-state index in [2.05, 4.69) is 15.5 Å². The molecule has 0 fully saturated rings. The van der Waals surface area contributed by atoms with Crippen molar-refractivity contribution in [3.8, 4) is 0 Å². The first kappa shape index (κ1) is 20.2. The van der Waals surface area contributed by atoms with Gasteiger partial charge in [-0.1, -0.05) is 11.6 Å². The molecule has 0 unspecified atom stereocenters. The van der Waals surface area contributed by atoms with Crippen LogP contribution in [0.4, 0.5) is 22.7 Å². The third kappa shape index (κ3) is 5.18. The fourth-order valence-corrected chi connectivity index (χ4v) is 2.60. The van der Waals surface area contributed by atoms with Gasteiger partial charge in [0.1, 0.15) is 0 Å². The van der Waals surface area contributed by atoms with Gasteiger partial charge in [-0.25, -0.2) is 0 Å². The first-order valence-corrected chi connectivity index (χ1v) is 8.64. The lowest BCUT2D eigenvalue weighted by atomic mass is 10.2. The first-order chi connectivity index (χ1) is 12.8. The average molecular weight is 391 g/mol. The maximum absolute atomic E-state index is 12.1. The van der Waals surface area contributed by atoms with Gasteiger partial charge < -0.3 is 15.5 Å². The van der Waals surface area contributed by atoms with Crippen molar-refractivity contribution < 1.29 is 14.5 Å². The van der Waals surface area contributed by atoms with Gasteiger partial charge in [0.25, 0.3) is 5.69 Å². The Bertz CT molecular complexity index is 851. The van der Waals surface area contributed by atoms with E-state index in [1.807, 2.05) is 26.0 Å². The number of carbonyl (C=O) groups is 2. The Morgan fingerprint density at radius 1 is 1.04 bits per heavy atom. The number of amides is 2. The number of rotatable bonds is 6. The summed E-state index contributed by atoms with van der Waals surface area (Å²) in [6.07, 6.45) is 0. The number of non-ortho nitro benzene ring substituents is 1. The number of hydrogen-bond acceptors (Lipinski definition) is 5. The monoisotopic (exact) mass is 390 g/mol. The van der Waals surface area contributed by atoms with E-state index in [-0.39, 0.29) is 16.4 Å². The first-order valence-electron chi connectivity index (χ1n) is 8.27. The zero-order valence-corrected chi connectivity index (χ0v) is 15.6. The number of nitro benzene ring substituents is 1. The van der Waals surface area contributed by atoms with Gasteiger partial charge in [0, 0.05) is 36.6 Å². The molecule has 0 saturated carbocycles. The summed E-state index contributed by atoms with van der Waals surface area (Å²) in [7, 11) is 0. The van der Waals surface area contributed by atoms with Crippen molar-refractivity contribution >= 4 is 46.2 Å². The highest BCUT2D eigenvalue weighted by Gasteiger charge is 2.17. The predicted molar refractivity (Wildman–Crippen MR) is 105 cm³/mol. The van der Waals surface area contributed by atoms with E-state index < -0.39 is 16.7 Å². The molecule has 0 radical (unpaired) electrons. The van der Waals surface area contributed by atoms with Crippen LogP contribution < -0.4 is 15.5 Å². The predicted octanol–water partition coefficient (Wildman–Crippen LogP) is 3.67. The molecule has 2 aromatic carbocycles. The van der Waals surface area contributed by atoms with Crippen molar-refractivity contribution in [1.82, 2.24) is 0 Å². The number of nitro groups is 1. The van der Waals surface area contributed by atoms with E-state index in [9.17, 15) is 19.7 Å². The third-order valence-electron chi connectivity index (χ3n) is 3.87. The molecule has 0 spiro atoms. The van der Waals surface area contributed by atoms with Gasteiger partial charge in [-0.15, -0.1) is 0 Å². The normalized spacial score (nSPS) is 10.2. The Kier molecular flexibility index (Phi) is 6.73. The van der Waals surface area contributed by atoms with E-state index in [0.29, 0.717) is 5.69 Å². The van der Waals surface area contributed by atoms with Crippen molar-refractivity contribution in [2.45, 2.75) is 13.8 Å². The summed E-state index contributed by atoms with van der Waals surface area (Å²) in [6.45, 7) is 5.80. The van der Waals surface area contributed by atoms with Crippen LogP contribution in [0.5, 0.6) is 0 Å². The van der Waals surface area contributed by atoms with E-state index >= 15 is 0 Å². The number of nitrogens with zero attached hydrogens (tertiary/aromatic N) is 2. The van der Waals surface area contributed by atoms with Crippen LogP contribution in [0.25, 0.3) is 0 Å². The zero-order chi connectivity index (χ0) is 20.0. The molecule has 142 valence electrons. The Hall–Kier alpha value is -3.13. The van der Waals surface area contributed by atoms with Crippen LogP contribution >= 0.6 is 11.6 Å². The highest BCUT2D eigenvalue weighted by Crippen LogP contribution is 2.26. The highest BCUT2D eigenvalue weighted by atomic mass is 35.5. The third-order valence-corrected chi connectivity index (χ3v) is 4.20. The van der Waals surface area contributed by atoms with Crippen LogP contribution in [-0.2, 0) is 9.59 Å². The molecule has 9 heteroatoms. The molecule has 2 N–H and O–H groups in total. The summed E-state index contributed by atoms with van der Waals surface area (Å²) in [4.78, 5) is 36.5. The Labute approximate surface area is 161 Å². The van der Waals surface area contributed by atoms with Crippen LogP contribution in [0.15, 0.2) is 42.5 Å². The van der Waals surface area contributed by atoms with E-state index in [1.165, 1.54) is 12.1 Å². The molecule has 8 nitrogen and oxygen atoms in total. The number of hydrogen-bond donors (Lipinski definition) is 2. The summed E-state index contributed by atoms with van der Waals surface area (Å²) < 4.78 is 0. The van der Waals surface area contributed by atoms with Crippen LogP contribution in [0, 0.1) is 10.1 Å². The topological polar surface area (TPSA) is 105 Å². The van der Waals surface area contributed by atoms with Gasteiger partial charge in [0.15, 0.2) is 0 Å². The summed E-state index contributed by atoms with van der Waals surface area (Å²) in [5.41, 5.74) is 1.20. The minimum atomic E-state index is -0.981. The second-order valence-electron chi connectivity index (χ2n) is 5.55. The fraction of sp³-hybridized carbons (Fsp3) is 0.222. The maximum atomic E-state index is 12.1. The molecular weight excluding hydrogens is 372 g/mol. The molecule has 2 rings (SSSR count). The molecule has 2 aromatic rings. The largest absolute Gasteiger partial charge is 0.372 e. The molecule has 0 aliphatic rings. The molecule has 2 amide bonds. The molecule has 0 saturated heterocycles. The van der Waals surface area contributed by atoms with Crippen molar-refractivity contribution in [2.24, 2.45) is 0 Å². The van der Waals surface area contributed by atoms with E-state index in [0.717, 1.165) is 24.8 Å². The lowest BCUT2D eigenvalue weighted by molar-refractivity contribution is -0.384. The molecule has 0 atom stereocenters. The number of carbonyl (C=O) groups excluding carboxylic acids is 2. The Morgan fingerprint density at radius 3 is 2.19 bits per heavy atom. The molecule has 0 bridgehead atoms. The Balaban J connectivity index is 2.05. The van der Waals surface area contributed by atoms with Gasteiger partial charge in [0.05, 0.1) is 15.6 Å². The minimum absolute atomic E-state index is 0.0112. The molecule has 0 aromatic heterocycles. The van der Waals surface area contributed by atoms with Crippen molar-refractivity contribution in [3.05, 3.63) is 57.6 Å².